The Bertz CT molecular complexity index is 458. The Morgan fingerprint density at radius 2 is 1.15 bits per heavy atom. The molecule has 0 N–H and O–H groups in total. The second kappa shape index (κ2) is 4.90. The standard InChI is InChI=1S/C20H28/c1-13-17-9-5-6-10-18(17)14(2)20-12-16-8-4-3-7-15(16)11-19(13)20/h5-6,13-16H,3-4,7-12H2,1-2H3. The molecule has 0 aromatic carbocycles. The maximum absolute atomic E-state index is 2.50. The minimum absolute atomic E-state index is 0.754. The number of fused-ring (bicyclic) bond motifs is 1. The van der Waals surface area contributed by atoms with Crippen LogP contribution in [0.5, 0.6) is 0 Å². The van der Waals surface area contributed by atoms with Crippen molar-refractivity contribution in [2.45, 2.75) is 65.2 Å². The topological polar surface area (TPSA) is 0 Å². The fourth-order valence-corrected chi connectivity index (χ4v) is 5.57. The quantitative estimate of drug-likeness (QED) is 0.486. The van der Waals surface area contributed by atoms with Gasteiger partial charge in [-0.1, -0.05) is 61.1 Å². The molecule has 4 aliphatic rings. The van der Waals surface area contributed by atoms with E-state index in [2.05, 4.69) is 26.0 Å². The van der Waals surface area contributed by atoms with E-state index in [0.717, 1.165) is 23.7 Å². The van der Waals surface area contributed by atoms with Crippen molar-refractivity contribution in [3.05, 3.63) is 34.4 Å². The van der Waals surface area contributed by atoms with Gasteiger partial charge >= 0.3 is 0 Å². The van der Waals surface area contributed by atoms with Crippen LogP contribution in [0, 0.1) is 23.7 Å². The maximum Gasteiger partial charge on any atom is -0.00123 e. The van der Waals surface area contributed by atoms with Crippen LogP contribution in [0.15, 0.2) is 34.4 Å². The van der Waals surface area contributed by atoms with Gasteiger partial charge in [0, 0.05) is 0 Å². The summed E-state index contributed by atoms with van der Waals surface area (Å²) in [5, 5.41) is 0. The minimum Gasteiger partial charge on any atom is -0.0841 e. The lowest BCUT2D eigenvalue weighted by Crippen LogP contribution is -2.32. The van der Waals surface area contributed by atoms with Crippen LogP contribution in [0.3, 0.4) is 0 Å². The van der Waals surface area contributed by atoms with Gasteiger partial charge in [-0.15, -0.1) is 0 Å². The zero-order valence-electron chi connectivity index (χ0n) is 13.1. The second-order valence-corrected chi connectivity index (χ2v) is 7.64. The van der Waals surface area contributed by atoms with E-state index in [1.807, 2.05) is 11.1 Å². The molecule has 4 aliphatic carbocycles. The second-order valence-electron chi connectivity index (χ2n) is 7.64. The normalized spacial score (nSPS) is 40.3. The molecule has 0 aliphatic heterocycles. The third-order valence-corrected chi connectivity index (χ3v) is 6.79. The smallest absolute Gasteiger partial charge is 0.00123 e. The van der Waals surface area contributed by atoms with Crippen molar-refractivity contribution < 1.29 is 0 Å². The van der Waals surface area contributed by atoms with E-state index in [-0.39, 0.29) is 0 Å². The van der Waals surface area contributed by atoms with Crippen molar-refractivity contribution in [1.29, 1.82) is 0 Å². The third kappa shape index (κ3) is 1.87. The Balaban J connectivity index is 1.68. The Morgan fingerprint density at radius 3 is 1.60 bits per heavy atom. The van der Waals surface area contributed by atoms with Gasteiger partial charge in [0.05, 0.1) is 0 Å². The Labute approximate surface area is 124 Å². The van der Waals surface area contributed by atoms with Gasteiger partial charge in [0.25, 0.3) is 0 Å². The average Bonchev–Trinajstić information content (AvgIpc) is 2.51. The molecule has 4 atom stereocenters. The first-order valence-electron chi connectivity index (χ1n) is 8.84. The molecular weight excluding hydrogens is 240 g/mol. The molecule has 0 nitrogen and oxygen atoms in total. The molecule has 0 heteroatoms. The molecule has 0 aromatic heterocycles. The highest BCUT2D eigenvalue weighted by Gasteiger charge is 2.39. The van der Waals surface area contributed by atoms with E-state index >= 15 is 0 Å². The number of hydrogen-bond donors (Lipinski definition) is 0. The van der Waals surface area contributed by atoms with Crippen molar-refractivity contribution in [2.24, 2.45) is 23.7 Å². The van der Waals surface area contributed by atoms with E-state index in [0.29, 0.717) is 0 Å². The van der Waals surface area contributed by atoms with Crippen molar-refractivity contribution in [1.82, 2.24) is 0 Å². The molecule has 0 aromatic rings. The summed E-state index contributed by atoms with van der Waals surface area (Å²) in [7, 11) is 0. The van der Waals surface area contributed by atoms with Gasteiger partial charge in [0.15, 0.2) is 0 Å². The SMILES string of the molecule is CC1C2=C(CC=CC2)C(C)C2=C1CC1CCCCC1C2. The zero-order chi connectivity index (χ0) is 13.7. The molecular formula is C20H28. The summed E-state index contributed by atoms with van der Waals surface area (Å²) >= 11 is 0. The summed E-state index contributed by atoms with van der Waals surface area (Å²) in [5.74, 6) is 3.56. The zero-order valence-corrected chi connectivity index (χ0v) is 13.1. The van der Waals surface area contributed by atoms with Gasteiger partial charge in [0.1, 0.15) is 0 Å². The van der Waals surface area contributed by atoms with E-state index in [1.165, 1.54) is 51.4 Å². The van der Waals surface area contributed by atoms with Crippen LogP contribution in [0.4, 0.5) is 0 Å². The molecule has 4 rings (SSSR count). The predicted molar refractivity (Wildman–Crippen MR) is 85.4 cm³/mol. The highest BCUT2D eigenvalue weighted by Crippen LogP contribution is 2.53. The van der Waals surface area contributed by atoms with Crippen molar-refractivity contribution in [3.8, 4) is 0 Å². The first-order chi connectivity index (χ1) is 9.75. The molecule has 20 heavy (non-hydrogen) atoms. The highest BCUT2D eigenvalue weighted by atomic mass is 14.4. The van der Waals surface area contributed by atoms with Crippen LogP contribution in [0.1, 0.15) is 65.2 Å². The molecule has 0 heterocycles. The molecule has 0 saturated heterocycles. The Kier molecular flexibility index (Phi) is 3.16. The number of hydrogen-bond acceptors (Lipinski definition) is 0. The third-order valence-electron chi connectivity index (χ3n) is 6.79. The predicted octanol–water partition coefficient (Wildman–Crippen LogP) is 5.82. The molecule has 0 amide bonds. The van der Waals surface area contributed by atoms with Crippen LogP contribution >= 0.6 is 0 Å². The molecule has 0 bridgehead atoms. The van der Waals surface area contributed by atoms with Crippen molar-refractivity contribution in [2.75, 3.05) is 0 Å². The molecule has 1 fully saturated rings. The van der Waals surface area contributed by atoms with Crippen LogP contribution < -0.4 is 0 Å². The lowest BCUT2D eigenvalue weighted by molar-refractivity contribution is 0.208. The first kappa shape index (κ1) is 12.9. The number of rotatable bonds is 0. The monoisotopic (exact) mass is 268 g/mol. The molecule has 108 valence electrons. The molecule has 1 saturated carbocycles. The Hall–Kier alpha value is -0.780. The van der Waals surface area contributed by atoms with E-state index < -0.39 is 0 Å². The molecule has 0 radical (unpaired) electrons. The first-order valence-corrected chi connectivity index (χ1v) is 8.84. The summed E-state index contributed by atoms with van der Waals surface area (Å²) in [4.78, 5) is 0. The van der Waals surface area contributed by atoms with E-state index in [1.54, 1.807) is 11.1 Å². The summed E-state index contributed by atoms with van der Waals surface area (Å²) in [6, 6.07) is 0. The number of allylic oxidation sites excluding steroid dienone is 6. The molecule has 0 spiro atoms. The van der Waals surface area contributed by atoms with Gasteiger partial charge in [-0.05, 0) is 62.2 Å². The fourth-order valence-electron chi connectivity index (χ4n) is 5.57. The lowest BCUT2D eigenvalue weighted by atomic mass is 9.60. The van der Waals surface area contributed by atoms with Crippen molar-refractivity contribution in [3.63, 3.8) is 0 Å². The Morgan fingerprint density at radius 1 is 0.700 bits per heavy atom. The molecule has 4 unspecified atom stereocenters. The largest absolute Gasteiger partial charge is 0.0841 e. The summed E-state index contributed by atoms with van der Waals surface area (Å²) in [6.45, 7) is 5.00. The van der Waals surface area contributed by atoms with Gasteiger partial charge in [-0.3, -0.25) is 0 Å². The van der Waals surface area contributed by atoms with E-state index in [9.17, 15) is 0 Å². The fraction of sp³-hybridized carbons (Fsp3) is 0.700. The summed E-state index contributed by atoms with van der Waals surface area (Å²) in [6.07, 6.45) is 16.1. The van der Waals surface area contributed by atoms with Gasteiger partial charge in [0.2, 0.25) is 0 Å². The average molecular weight is 268 g/mol. The van der Waals surface area contributed by atoms with Gasteiger partial charge in [-0.2, -0.15) is 0 Å². The summed E-state index contributed by atoms with van der Waals surface area (Å²) in [5.41, 5.74) is 7.31. The van der Waals surface area contributed by atoms with Crippen LogP contribution in [-0.2, 0) is 0 Å². The lowest BCUT2D eigenvalue weighted by Gasteiger charge is -2.45. The van der Waals surface area contributed by atoms with Crippen LogP contribution in [0.25, 0.3) is 0 Å². The van der Waals surface area contributed by atoms with E-state index in [4.69, 9.17) is 0 Å². The van der Waals surface area contributed by atoms with Gasteiger partial charge in [-0.25, -0.2) is 0 Å². The van der Waals surface area contributed by atoms with Crippen molar-refractivity contribution >= 4 is 0 Å². The highest BCUT2D eigenvalue weighted by molar-refractivity contribution is 5.44. The minimum atomic E-state index is 0.754. The summed E-state index contributed by atoms with van der Waals surface area (Å²) < 4.78 is 0. The van der Waals surface area contributed by atoms with Crippen LogP contribution in [0.2, 0.25) is 0 Å². The van der Waals surface area contributed by atoms with Crippen LogP contribution in [-0.4, -0.2) is 0 Å². The van der Waals surface area contributed by atoms with Gasteiger partial charge < -0.3 is 0 Å². The maximum atomic E-state index is 2.50.